The third-order valence-electron chi connectivity index (χ3n) is 3.95. The Labute approximate surface area is 133 Å². The van der Waals surface area contributed by atoms with Gasteiger partial charge in [-0.1, -0.05) is 37.3 Å². The van der Waals surface area contributed by atoms with Crippen molar-refractivity contribution in [3.8, 4) is 0 Å². The molecule has 1 saturated heterocycles. The minimum atomic E-state index is -3.32. The number of carbonyl (C=O) groups excluding carboxylic acids is 1. The Morgan fingerprint density at radius 3 is 2.64 bits per heavy atom. The van der Waals surface area contributed by atoms with Crippen molar-refractivity contribution in [1.29, 1.82) is 0 Å². The van der Waals surface area contributed by atoms with E-state index in [1.54, 1.807) is 11.9 Å². The monoisotopic (exact) mass is 324 g/mol. The Morgan fingerprint density at radius 2 is 2.00 bits per heavy atom. The van der Waals surface area contributed by atoms with E-state index in [-0.39, 0.29) is 11.7 Å². The van der Waals surface area contributed by atoms with Crippen LogP contribution in [0.4, 0.5) is 0 Å². The average Bonchev–Trinajstić information content (AvgIpc) is 2.97. The van der Waals surface area contributed by atoms with Gasteiger partial charge in [0.25, 0.3) is 0 Å². The first kappa shape index (κ1) is 17.0. The number of amides is 1. The molecule has 1 unspecified atom stereocenters. The van der Waals surface area contributed by atoms with Crippen molar-refractivity contribution in [3.63, 3.8) is 0 Å². The summed E-state index contributed by atoms with van der Waals surface area (Å²) in [6.45, 7) is 2.79. The van der Waals surface area contributed by atoms with Crippen LogP contribution in [0.25, 0.3) is 0 Å². The van der Waals surface area contributed by atoms with Crippen LogP contribution in [0.15, 0.2) is 30.3 Å². The van der Waals surface area contributed by atoms with E-state index >= 15 is 0 Å². The van der Waals surface area contributed by atoms with Crippen LogP contribution < -0.4 is 0 Å². The van der Waals surface area contributed by atoms with Crippen LogP contribution in [-0.4, -0.2) is 48.9 Å². The van der Waals surface area contributed by atoms with Crippen LogP contribution in [0.1, 0.15) is 31.7 Å². The predicted molar refractivity (Wildman–Crippen MR) is 86.7 cm³/mol. The van der Waals surface area contributed by atoms with E-state index < -0.39 is 16.1 Å². The van der Waals surface area contributed by atoms with Gasteiger partial charge in [-0.05, 0) is 24.8 Å². The molecular weight excluding hydrogens is 300 g/mol. The summed E-state index contributed by atoms with van der Waals surface area (Å²) in [7, 11) is -1.59. The van der Waals surface area contributed by atoms with E-state index in [1.807, 2.05) is 37.3 Å². The molecule has 1 aromatic rings. The largest absolute Gasteiger partial charge is 0.340 e. The Hall–Kier alpha value is -1.40. The first-order valence-electron chi connectivity index (χ1n) is 7.74. The Bertz CT molecular complexity index is 601. The number of rotatable bonds is 6. The Balaban J connectivity index is 2.07. The first-order chi connectivity index (χ1) is 10.5. The lowest BCUT2D eigenvalue weighted by Gasteiger charge is -2.27. The summed E-state index contributed by atoms with van der Waals surface area (Å²) in [5.41, 5.74) is 1.04. The fourth-order valence-electron chi connectivity index (χ4n) is 2.88. The summed E-state index contributed by atoms with van der Waals surface area (Å²) in [6.07, 6.45) is 1.93. The molecule has 5 nitrogen and oxygen atoms in total. The molecule has 1 aliphatic heterocycles. The molecule has 1 atom stereocenters. The lowest BCUT2D eigenvalue weighted by atomic mass is 10.1. The lowest BCUT2D eigenvalue weighted by Crippen LogP contribution is -2.46. The van der Waals surface area contributed by atoms with Crippen LogP contribution in [-0.2, 0) is 21.4 Å². The van der Waals surface area contributed by atoms with Crippen LogP contribution in [0.3, 0.4) is 0 Å². The number of benzene rings is 1. The van der Waals surface area contributed by atoms with Gasteiger partial charge >= 0.3 is 0 Å². The molecule has 1 aromatic carbocycles. The first-order valence-corrected chi connectivity index (χ1v) is 9.35. The number of hydrogen-bond acceptors (Lipinski definition) is 3. The number of nitrogens with zero attached hydrogens (tertiary/aromatic N) is 2. The van der Waals surface area contributed by atoms with Crippen LogP contribution in [0.2, 0.25) is 0 Å². The number of hydrogen-bond donors (Lipinski definition) is 0. The summed E-state index contributed by atoms with van der Waals surface area (Å²) in [4.78, 5) is 14.3. The highest BCUT2D eigenvalue weighted by atomic mass is 32.2. The van der Waals surface area contributed by atoms with Crippen LogP contribution in [0, 0.1) is 0 Å². The van der Waals surface area contributed by atoms with Crippen molar-refractivity contribution in [2.24, 2.45) is 0 Å². The number of sulfonamides is 1. The van der Waals surface area contributed by atoms with Gasteiger partial charge in [-0.25, -0.2) is 8.42 Å². The molecule has 0 N–H and O–H groups in total. The zero-order chi connectivity index (χ0) is 16.2. The van der Waals surface area contributed by atoms with Crippen molar-refractivity contribution in [1.82, 2.24) is 9.21 Å². The lowest BCUT2D eigenvalue weighted by molar-refractivity contribution is -0.133. The van der Waals surface area contributed by atoms with E-state index in [0.29, 0.717) is 25.9 Å². The summed E-state index contributed by atoms with van der Waals surface area (Å²) in [5.74, 6) is 0.000141. The van der Waals surface area contributed by atoms with Crippen LogP contribution in [0.5, 0.6) is 0 Å². The molecule has 0 aliphatic carbocycles. The van der Waals surface area contributed by atoms with Gasteiger partial charge in [0.1, 0.15) is 6.04 Å². The fourth-order valence-corrected chi connectivity index (χ4v) is 4.63. The van der Waals surface area contributed by atoms with Crippen molar-refractivity contribution >= 4 is 15.9 Å². The maximum absolute atomic E-state index is 12.6. The van der Waals surface area contributed by atoms with Gasteiger partial charge < -0.3 is 4.90 Å². The zero-order valence-corrected chi connectivity index (χ0v) is 14.1. The molecule has 0 spiro atoms. The minimum Gasteiger partial charge on any atom is -0.340 e. The highest BCUT2D eigenvalue weighted by Gasteiger charge is 2.39. The van der Waals surface area contributed by atoms with E-state index in [4.69, 9.17) is 0 Å². The molecule has 0 saturated carbocycles. The highest BCUT2D eigenvalue weighted by molar-refractivity contribution is 7.89. The third kappa shape index (κ3) is 3.87. The molecule has 0 bridgehead atoms. The SMILES string of the molecule is CCCS(=O)(=O)N1CCCC1C(=O)N(C)Cc1ccccc1. The topological polar surface area (TPSA) is 57.7 Å². The molecule has 1 heterocycles. The molecule has 0 radical (unpaired) electrons. The van der Waals surface area contributed by atoms with Crippen molar-refractivity contribution in [2.75, 3.05) is 19.3 Å². The van der Waals surface area contributed by atoms with Gasteiger partial charge in [0.15, 0.2) is 0 Å². The van der Waals surface area contributed by atoms with Gasteiger partial charge in [0.2, 0.25) is 15.9 Å². The normalized spacial score (nSPS) is 19.3. The third-order valence-corrected chi connectivity index (χ3v) is 6.02. The van der Waals surface area contributed by atoms with Crippen molar-refractivity contribution in [2.45, 2.75) is 38.8 Å². The Kier molecular flexibility index (Phi) is 5.58. The van der Waals surface area contributed by atoms with E-state index in [0.717, 1.165) is 12.0 Å². The molecule has 22 heavy (non-hydrogen) atoms. The summed E-state index contributed by atoms with van der Waals surface area (Å²) in [5, 5.41) is 0. The summed E-state index contributed by atoms with van der Waals surface area (Å²) in [6, 6.07) is 9.18. The molecule has 122 valence electrons. The summed E-state index contributed by atoms with van der Waals surface area (Å²) >= 11 is 0. The second-order valence-corrected chi connectivity index (χ2v) is 7.81. The van der Waals surface area contributed by atoms with Gasteiger partial charge in [-0.2, -0.15) is 4.31 Å². The molecule has 1 fully saturated rings. The maximum atomic E-state index is 12.6. The molecule has 1 aliphatic rings. The highest BCUT2D eigenvalue weighted by Crippen LogP contribution is 2.23. The van der Waals surface area contributed by atoms with Gasteiger partial charge in [0, 0.05) is 20.1 Å². The molecule has 0 aromatic heterocycles. The predicted octanol–water partition coefficient (Wildman–Crippen LogP) is 1.85. The van der Waals surface area contributed by atoms with Gasteiger partial charge in [-0.15, -0.1) is 0 Å². The average molecular weight is 324 g/mol. The fraction of sp³-hybridized carbons (Fsp3) is 0.562. The quantitative estimate of drug-likeness (QED) is 0.802. The standard InChI is InChI=1S/C16H24N2O3S/c1-3-12-22(20,21)18-11-7-10-15(18)16(19)17(2)13-14-8-5-4-6-9-14/h4-6,8-9,15H,3,7,10-13H2,1-2H3. The minimum absolute atomic E-state index is 0.110. The summed E-state index contributed by atoms with van der Waals surface area (Å²) < 4.78 is 26.0. The second kappa shape index (κ2) is 7.24. The van der Waals surface area contributed by atoms with Gasteiger partial charge in [0.05, 0.1) is 5.75 Å². The number of carbonyl (C=O) groups is 1. The molecule has 1 amide bonds. The number of likely N-dealkylation sites (N-methyl/N-ethyl adjacent to an activating group) is 1. The van der Waals surface area contributed by atoms with Crippen molar-refractivity contribution in [3.05, 3.63) is 35.9 Å². The van der Waals surface area contributed by atoms with Crippen LogP contribution >= 0.6 is 0 Å². The van der Waals surface area contributed by atoms with E-state index in [9.17, 15) is 13.2 Å². The molecular formula is C16H24N2O3S. The van der Waals surface area contributed by atoms with E-state index in [2.05, 4.69) is 0 Å². The maximum Gasteiger partial charge on any atom is 0.241 e. The molecule has 2 rings (SSSR count). The smallest absolute Gasteiger partial charge is 0.241 e. The van der Waals surface area contributed by atoms with E-state index in [1.165, 1.54) is 4.31 Å². The zero-order valence-electron chi connectivity index (χ0n) is 13.2. The second-order valence-electron chi connectivity index (χ2n) is 5.76. The Morgan fingerprint density at radius 1 is 1.32 bits per heavy atom. The van der Waals surface area contributed by atoms with Crippen molar-refractivity contribution < 1.29 is 13.2 Å². The van der Waals surface area contributed by atoms with Gasteiger partial charge in [-0.3, -0.25) is 4.79 Å². The molecule has 6 heteroatoms.